The van der Waals surface area contributed by atoms with Gasteiger partial charge in [0.2, 0.25) is 0 Å². The van der Waals surface area contributed by atoms with E-state index in [1.807, 2.05) is 0 Å². The predicted octanol–water partition coefficient (Wildman–Crippen LogP) is 1.58. The SMILES string of the molecule is CC1CCCC1CNC(=O)NC(C)(C)C(=O)O. The van der Waals surface area contributed by atoms with Gasteiger partial charge in [0.15, 0.2) is 0 Å². The largest absolute Gasteiger partial charge is 0.480 e. The molecule has 1 rings (SSSR count). The molecule has 2 atom stereocenters. The number of urea groups is 1. The second-order valence-electron chi connectivity index (χ2n) is 5.43. The van der Waals surface area contributed by atoms with Crippen molar-refractivity contribution in [2.45, 2.75) is 45.6 Å². The van der Waals surface area contributed by atoms with Crippen molar-refractivity contribution in [1.29, 1.82) is 0 Å². The molecule has 1 aliphatic carbocycles. The number of hydrogen-bond acceptors (Lipinski definition) is 2. The Balaban J connectivity index is 2.33. The average molecular weight is 242 g/mol. The Labute approximate surface area is 102 Å². The zero-order chi connectivity index (χ0) is 13.1. The number of amides is 2. The van der Waals surface area contributed by atoms with Crippen molar-refractivity contribution in [3.8, 4) is 0 Å². The molecular weight excluding hydrogens is 220 g/mol. The van der Waals surface area contributed by atoms with Gasteiger partial charge in [-0.25, -0.2) is 9.59 Å². The lowest BCUT2D eigenvalue weighted by atomic mass is 9.98. The third-order valence-corrected chi connectivity index (χ3v) is 3.52. The molecular formula is C12H22N2O3. The second kappa shape index (κ2) is 5.38. The summed E-state index contributed by atoms with van der Waals surface area (Å²) in [5.41, 5.74) is -1.23. The van der Waals surface area contributed by atoms with Crippen molar-refractivity contribution in [3.63, 3.8) is 0 Å². The van der Waals surface area contributed by atoms with Crippen molar-refractivity contribution in [2.75, 3.05) is 6.54 Å². The van der Waals surface area contributed by atoms with Crippen molar-refractivity contribution in [2.24, 2.45) is 11.8 Å². The van der Waals surface area contributed by atoms with Crippen LogP contribution in [0.5, 0.6) is 0 Å². The number of carboxylic acid groups (broad SMARTS) is 1. The summed E-state index contributed by atoms with van der Waals surface area (Å²) in [6.45, 7) is 5.75. The van der Waals surface area contributed by atoms with Crippen molar-refractivity contribution < 1.29 is 14.7 Å². The van der Waals surface area contributed by atoms with Crippen LogP contribution >= 0.6 is 0 Å². The summed E-state index contributed by atoms with van der Waals surface area (Å²) in [5, 5.41) is 14.1. The molecule has 17 heavy (non-hydrogen) atoms. The van der Waals surface area contributed by atoms with Gasteiger partial charge in [0.1, 0.15) is 5.54 Å². The highest BCUT2D eigenvalue weighted by atomic mass is 16.4. The van der Waals surface area contributed by atoms with Crippen LogP contribution in [0.3, 0.4) is 0 Å². The van der Waals surface area contributed by atoms with E-state index in [-0.39, 0.29) is 0 Å². The van der Waals surface area contributed by atoms with Crippen LogP contribution in [0.4, 0.5) is 4.79 Å². The minimum atomic E-state index is -1.23. The maximum absolute atomic E-state index is 11.5. The molecule has 0 aromatic carbocycles. The van der Waals surface area contributed by atoms with Crippen LogP contribution in [0.25, 0.3) is 0 Å². The molecule has 0 radical (unpaired) electrons. The minimum absolute atomic E-state index is 0.406. The highest BCUT2D eigenvalue weighted by molar-refractivity contribution is 5.85. The van der Waals surface area contributed by atoms with Gasteiger partial charge in [-0.05, 0) is 32.1 Å². The van der Waals surface area contributed by atoms with Crippen LogP contribution in [0.1, 0.15) is 40.0 Å². The average Bonchev–Trinajstić information content (AvgIpc) is 2.60. The molecule has 0 saturated heterocycles. The molecule has 1 fully saturated rings. The van der Waals surface area contributed by atoms with Crippen LogP contribution in [0.15, 0.2) is 0 Å². The van der Waals surface area contributed by atoms with E-state index in [9.17, 15) is 9.59 Å². The number of hydrogen-bond donors (Lipinski definition) is 3. The predicted molar refractivity (Wildman–Crippen MR) is 64.8 cm³/mol. The number of carbonyl (C=O) groups excluding carboxylic acids is 1. The number of carboxylic acids is 1. The monoisotopic (exact) mass is 242 g/mol. The molecule has 0 aliphatic heterocycles. The fourth-order valence-electron chi connectivity index (χ4n) is 2.13. The third kappa shape index (κ3) is 3.91. The van der Waals surface area contributed by atoms with Gasteiger partial charge in [0.25, 0.3) is 0 Å². The first-order chi connectivity index (χ1) is 7.83. The lowest BCUT2D eigenvalue weighted by molar-refractivity contribution is -0.142. The molecule has 1 saturated carbocycles. The number of nitrogens with one attached hydrogen (secondary N) is 2. The summed E-state index contributed by atoms with van der Waals surface area (Å²) in [6, 6.07) is -0.406. The van der Waals surface area contributed by atoms with Gasteiger partial charge < -0.3 is 15.7 Å². The molecule has 2 unspecified atom stereocenters. The van der Waals surface area contributed by atoms with E-state index in [4.69, 9.17) is 5.11 Å². The van der Waals surface area contributed by atoms with Crippen molar-refractivity contribution in [3.05, 3.63) is 0 Å². The number of carbonyl (C=O) groups is 2. The maximum atomic E-state index is 11.5. The Kier molecular flexibility index (Phi) is 4.37. The second-order valence-corrected chi connectivity index (χ2v) is 5.43. The Morgan fingerprint density at radius 3 is 2.47 bits per heavy atom. The Morgan fingerprint density at radius 1 is 1.35 bits per heavy atom. The molecule has 3 N–H and O–H groups in total. The van der Waals surface area contributed by atoms with E-state index >= 15 is 0 Å². The highest BCUT2D eigenvalue weighted by Gasteiger charge is 2.29. The summed E-state index contributed by atoms with van der Waals surface area (Å²) in [4.78, 5) is 22.4. The zero-order valence-electron chi connectivity index (χ0n) is 10.7. The van der Waals surface area contributed by atoms with Crippen LogP contribution in [-0.4, -0.2) is 29.2 Å². The van der Waals surface area contributed by atoms with Crippen LogP contribution in [0, 0.1) is 11.8 Å². The highest BCUT2D eigenvalue weighted by Crippen LogP contribution is 2.30. The summed E-state index contributed by atoms with van der Waals surface area (Å²) < 4.78 is 0. The molecule has 0 aromatic heterocycles. The smallest absolute Gasteiger partial charge is 0.328 e. The normalized spacial score (nSPS) is 24.4. The molecule has 98 valence electrons. The summed E-state index contributed by atoms with van der Waals surface area (Å²) >= 11 is 0. The summed E-state index contributed by atoms with van der Waals surface area (Å²) in [6.07, 6.45) is 3.58. The Hall–Kier alpha value is -1.26. The maximum Gasteiger partial charge on any atom is 0.328 e. The first kappa shape index (κ1) is 13.8. The van der Waals surface area contributed by atoms with E-state index in [0.717, 1.165) is 6.42 Å². The molecule has 0 bridgehead atoms. The molecule has 0 spiro atoms. The van der Waals surface area contributed by atoms with Crippen LogP contribution in [0.2, 0.25) is 0 Å². The van der Waals surface area contributed by atoms with Gasteiger partial charge >= 0.3 is 12.0 Å². The van der Waals surface area contributed by atoms with E-state index < -0.39 is 17.5 Å². The topological polar surface area (TPSA) is 78.4 Å². The lowest BCUT2D eigenvalue weighted by Gasteiger charge is -2.22. The van der Waals surface area contributed by atoms with Crippen molar-refractivity contribution >= 4 is 12.0 Å². The fraction of sp³-hybridized carbons (Fsp3) is 0.833. The molecule has 0 aromatic rings. The van der Waals surface area contributed by atoms with Gasteiger partial charge in [0, 0.05) is 6.54 Å². The first-order valence-corrected chi connectivity index (χ1v) is 6.12. The van der Waals surface area contributed by atoms with E-state index in [1.165, 1.54) is 26.7 Å². The zero-order valence-corrected chi connectivity index (χ0v) is 10.7. The molecule has 0 heterocycles. The van der Waals surface area contributed by atoms with Crippen LogP contribution in [-0.2, 0) is 4.79 Å². The third-order valence-electron chi connectivity index (χ3n) is 3.52. The number of aliphatic carboxylic acids is 1. The molecule has 5 heteroatoms. The van der Waals surface area contributed by atoms with Gasteiger partial charge in [-0.1, -0.05) is 19.8 Å². The molecule has 1 aliphatic rings. The van der Waals surface area contributed by atoms with Gasteiger partial charge in [0.05, 0.1) is 0 Å². The van der Waals surface area contributed by atoms with E-state index in [2.05, 4.69) is 17.6 Å². The summed E-state index contributed by atoms with van der Waals surface area (Å²) in [5.74, 6) is 0.123. The lowest BCUT2D eigenvalue weighted by Crippen LogP contribution is -2.53. The first-order valence-electron chi connectivity index (χ1n) is 6.12. The van der Waals surface area contributed by atoms with E-state index in [1.54, 1.807) is 0 Å². The Morgan fingerprint density at radius 2 is 2.00 bits per heavy atom. The minimum Gasteiger partial charge on any atom is -0.480 e. The van der Waals surface area contributed by atoms with Gasteiger partial charge in [-0.15, -0.1) is 0 Å². The standard InChI is InChI=1S/C12H22N2O3/c1-8-5-4-6-9(8)7-13-11(17)14-12(2,3)10(15)16/h8-9H,4-7H2,1-3H3,(H,15,16)(H2,13,14,17). The molecule has 5 nitrogen and oxygen atoms in total. The van der Waals surface area contributed by atoms with Crippen LogP contribution < -0.4 is 10.6 Å². The summed E-state index contributed by atoms with van der Waals surface area (Å²) in [7, 11) is 0. The Bertz CT molecular complexity index is 302. The fourth-order valence-corrected chi connectivity index (χ4v) is 2.13. The molecule has 2 amide bonds. The quantitative estimate of drug-likeness (QED) is 0.700. The van der Waals surface area contributed by atoms with Gasteiger partial charge in [-0.2, -0.15) is 0 Å². The van der Waals surface area contributed by atoms with E-state index in [0.29, 0.717) is 18.4 Å². The number of rotatable bonds is 4. The van der Waals surface area contributed by atoms with Gasteiger partial charge in [-0.3, -0.25) is 0 Å². The van der Waals surface area contributed by atoms with Crippen molar-refractivity contribution in [1.82, 2.24) is 10.6 Å².